The second kappa shape index (κ2) is 10.7. The van der Waals surface area contributed by atoms with Crippen molar-refractivity contribution in [2.75, 3.05) is 18.4 Å². The molecule has 9 nitrogen and oxygen atoms in total. The van der Waals surface area contributed by atoms with Gasteiger partial charge in [0, 0.05) is 41.2 Å². The van der Waals surface area contributed by atoms with Crippen molar-refractivity contribution in [1.29, 1.82) is 5.26 Å². The average Bonchev–Trinajstić information content (AvgIpc) is 3.44. The van der Waals surface area contributed by atoms with E-state index in [2.05, 4.69) is 33.5 Å². The number of anilines is 1. The topological polar surface area (TPSA) is 126 Å². The minimum atomic E-state index is -0.383. The standard InChI is InChI=1S/C28H28N6O3/c29-17-23-18-30-26(31-23)27(35)32-25-7-6-22(16-24(25)20-4-2-1-3-5-20)19-8-12-33(13-9-19)28(36)21-10-14-34(37)15-11-21/h4,6-7,10-11,14-16,18-19H,1-3,5,8-9,12-13H2,(H2-,30,31,32,35,36,37)/p+1. The third kappa shape index (κ3) is 5.38. The number of aromatic amines is 1. The zero-order valence-electron chi connectivity index (χ0n) is 20.5. The molecule has 2 aliphatic rings. The number of H-pyrrole nitrogens is 1. The first kappa shape index (κ1) is 24.3. The van der Waals surface area contributed by atoms with Crippen molar-refractivity contribution in [2.24, 2.45) is 0 Å². The molecule has 0 spiro atoms. The van der Waals surface area contributed by atoms with Crippen LogP contribution in [-0.4, -0.2) is 45.0 Å². The first-order valence-corrected chi connectivity index (χ1v) is 12.6. The molecule has 2 aromatic heterocycles. The van der Waals surface area contributed by atoms with Gasteiger partial charge in [-0.15, -0.1) is 0 Å². The van der Waals surface area contributed by atoms with Gasteiger partial charge in [0.05, 0.1) is 11.8 Å². The van der Waals surface area contributed by atoms with E-state index in [1.807, 2.05) is 17.0 Å². The molecule has 188 valence electrons. The van der Waals surface area contributed by atoms with Crippen LogP contribution in [0.25, 0.3) is 5.57 Å². The van der Waals surface area contributed by atoms with Gasteiger partial charge in [-0.25, -0.2) is 4.98 Å². The molecular formula is C28H29N6O3+. The number of likely N-dealkylation sites (tertiary alicyclic amines) is 1. The van der Waals surface area contributed by atoms with Gasteiger partial charge >= 0.3 is 0 Å². The first-order chi connectivity index (χ1) is 18.0. The molecule has 3 N–H and O–H groups in total. The predicted octanol–water partition coefficient (Wildman–Crippen LogP) is 4.04. The Morgan fingerprint density at radius 3 is 2.62 bits per heavy atom. The van der Waals surface area contributed by atoms with Gasteiger partial charge in [-0.3, -0.25) is 14.8 Å². The molecule has 0 radical (unpaired) electrons. The number of nitrogens with one attached hydrogen (secondary N) is 2. The Morgan fingerprint density at radius 1 is 1.16 bits per heavy atom. The highest BCUT2D eigenvalue weighted by Crippen LogP contribution is 2.36. The van der Waals surface area contributed by atoms with E-state index >= 15 is 0 Å². The van der Waals surface area contributed by atoms with Crippen LogP contribution >= 0.6 is 0 Å². The number of benzene rings is 1. The van der Waals surface area contributed by atoms with Crippen molar-refractivity contribution in [3.63, 3.8) is 0 Å². The van der Waals surface area contributed by atoms with Crippen LogP contribution in [0.1, 0.15) is 82.2 Å². The van der Waals surface area contributed by atoms with Crippen molar-refractivity contribution in [1.82, 2.24) is 14.9 Å². The Hall–Kier alpha value is -4.45. The molecular weight excluding hydrogens is 468 g/mol. The van der Waals surface area contributed by atoms with E-state index < -0.39 is 0 Å². The Balaban J connectivity index is 1.33. The van der Waals surface area contributed by atoms with Gasteiger partial charge in [-0.05, 0) is 67.7 Å². The number of aromatic nitrogens is 3. The van der Waals surface area contributed by atoms with E-state index in [1.165, 1.54) is 36.1 Å². The summed E-state index contributed by atoms with van der Waals surface area (Å²) < 4.78 is 0.923. The fourth-order valence-electron chi connectivity index (χ4n) is 5.11. The summed E-state index contributed by atoms with van der Waals surface area (Å²) in [5.74, 6) is 0.0119. The zero-order valence-corrected chi connectivity index (χ0v) is 20.5. The molecule has 1 aromatic carbocycles. The van der Waals surface area contributed by atoms with Crippen LogP contribution in [-0.2, 0) is 0 Å². The molecule has 1 saturated heterocycles. The van der Waals surface area contributed by atoms with Gasteiger partial charge in [0.1, 0.15) is 11.8 Å². The maximum atomic E-state index is 12.9. The van der Waals surface area contributed by atoms with E-state index in [0.717, 1.165) is 48.1 Å². The Labute approximate surface area is 215 Å². The second-order valence-electron chi connectivity index (χ2n) is 9.52. The van der Waals surface area contributed by atoms with Crippen molar-refractivity contribution in [3.05, 3.63) is 83.2 Å². The number of amides is 2. The number of carbonyl (C=O) groups is 2. The minimum absolute atomic E-state index is 0.0253. The molecule has 1 aliphatic heterocycles. The van der Waals surface area contributed by atoms with E-state index in [0.29, 0.717) is 24.6 Å². The van der Waals surface area contributed by atoms with Crippen molar-refractivity contribution < 1.29 is 19.5 Å². The third-order valence-electron chi connectivity index (χ3n) is 7.15. The van der Waals surface area contributed by atoms with Crippen LogP contribution in [0.15, 0.2) is 55.0 Å². The van der Waals surface area contributed by atoms with Gasteiger partial charge in [0.2, 0.25) is 12.4 Å². The summed E-state index contributed by atoms with van der Waals surface area (Å²) in [6, 6.07) is 11.4. The molecule has 0 bridgehead atoms. The first-order valence-electron chi connectivity index (χ1n) is 12.6. The maximum Gasteiger partial charge on any atom is 0.291 e. The highest BCUT2D eigenvalue weighted by Gasteiger charge is 2.26. The number of hydrogen-bond donors (Lipinski definition) is 3. The predicted molar refractivity (Wildman–Crippen MR) is 136 cm³/mol. The molecule has 3 aromatic rings. The van der Waals surface area contributed by atoms with Gasteiger partial charge in [0.25, 0.3) is 11.8 Å². The molecule has 0 atom stereocenters. The normalized spacial score (nSPS) is 16.1. The van der Waals surface area contributed by atoms with Crippen LogP contribution in [0, 0.1) is 11.3 Å². The maximum absolute atomic E-state index is 12.9. The summed E-state index contributed by atoms with van der Waals surface area (Å²) in [5.41, 5.74) is 5.00. The number of allylic oxidation sites excluding steroid dienone is 2. The average molecular weight is 498 g/mol. The highest BCUT2D eigenvalue weighted by molar-refractivity contribution is 6.03. The molecule has 1 aliphatic carbocycles. The lowest BCUT2D eigenvalue weighted by Crippen LogP contribution is -2.38. The number of nitriles is 1. The molecule has 2 amide bonds. The van der Waals surface area contributed by atoms with Crippen LogP contribution in [0.5, 0.6) is 0 Å². The fraction of sp³-hybridized carbons (Fsp3) is 0.321. The van der Waals surface area contributed by atoms with Crippen LogP contribution in [0.2, 0.25) is 0 Å². The fourth-order valence-corrected chi connectivity index (χ4v) is 5.11. The zero-order chi connectivity index (χ0) is 25.8. The van der Waals surface area contributed by atoms with Gasteiger partial charge in [0.15, 0.2) is 5.82 Å². The minimum Gasteiger partial charge on any atom is -0.339 e. The summed E-state index contributed by atoms with van der Waals surface area (Å²) in [6.45, 7) is 1.32. The summed E-state index contributed by atoms with van der Waals surface area (Å²) in [6.07, 6.45) is 12.5. The van der Waals surface area contributed by atoms with Gasteiger partial charge < -0.3 is 15.2 Å². The lowest BCUT2D eigenvalue weighted by Gasteiger charge is -2.32. The van der Waals surface area contributed by atoms with Crippen molar-refractivity contribution >= 4 is 23.1 Å². The summed E-state index contributed by atoms with van der Waals surface area (Å²) in [5, 5.41) is 21.4. The summed E-state index contributed by atoms with van der Waals surface area (Å²) in [4.78, 5) is 34.3. The number of imidazole rings is 1. The van der Waals surface area contributed by atoms with E-state index in [1.54, 1.807) is 12.1 Å². The number of hydrogen-bond acceptors (Lipinski definition) is 5. The Bertz CT molecular complexity index is 1380. The van der Waals surface area contributed by atoms with Gasteiger partial charge in [-0.1, -0.05) is 12.1 Å². The summed E-state index contributed by atoms with van der Waals surface area (Å²) >= 11 is 0. The molecule has 5 rings (SSSR count). The Morgan fingerprint density at radius 2 is 1.95 bits per heavy atom. The molecule has 3 heterocycles. The van der Waals surface area contributed by atoms with Crippen LogP contribution in [0.3, 0.4) is 0 Å². The number of pyridine rings is 1. The number of nitrogens with zero attached hydrogens (tertiary/aromatic N) is 4. The lowest BCUT2D eigenvalue weighted by atomic mass is 9.85. The number of piperidine rings is 1. The van der Waals surface area contributed by atoms with Crippen LogP contribution < -0.4 is 10.0 Å². The van der Waals surface area contributed by atoms with E-state index in [9.17, 15) is 14.8 Å². The monoisotopic (exact) mass is 497 g/mol. The second-order valence-corrected chi connectivity index (χ2v) is 9.52. The molecule has 9 heteroatoms. The van der Waals surface area contributed by atoms with Crippen LogP contribution in [0.4, 0.5) is 5.69 Å². The molecule has 37 heavy (non-hydrogen) atoms. The largest absolute Gasteiger partial charge is 0.339 e. The quantitative estimate of drug-likeness (QED) is 0.362. The lowest BCUT2D eigenvalue weighted by molar-refractivity contribution is -0.904. The molecule has 0 unspecified atom stereocenters. The highest BCUT2D eigenvalue weighted by atomic mass is 16.5. The SMILES string of the molecule is N#Cc1cnc(C(=O)Nc2ccc(C3CCN(C(=O)c4cc[n+](O)cc4)CC3)cc2C2=CCCCC2)[nH]1. The van der Waals surface area contributed by atoms with Gasteiger partial charge in [-0.2, -0.15) is 5.26 Å². The number of carbonyl (C=O) groups excluding carboxylic acids is 2. The third-order valence-corrected chi connectivity index (χ3v) is 7.15. The number of rotatable bonds is 5. The van der Waals surface area contributed by atoms with Crippen molar-refractivity contribution in [3.8, 4) is 6.07 Å². The molecule has 0 saturated carbocycles. The van der Waals surface area contributed by atoms with E-state index in [-0.39, 0.29) is 23.3 Å². The smallest absolute Gasteiger partial charge is 0.291 e. The summed E-state index contributed by atoms with van der Waals surface area (Å²) in [7, 11) is 0. The Kier molecular flexibility index (Phi) is 6.99. The molecule has 1 fully saturated rings. The van der Waals surface area contributed by atoms with E-state index in [4.69, 9.17) is 5.26 Å². The van der Waals surface area contributed by atoms with Crippen molar-refractivity contribution in [2.45, 2.75) is 44.4 Å².